The van der Waals surface area contributed by atoms with Crippen LogP contribution in [0.25, 0.3) is 0 Å². The number of urea groups is 1. The Morgan fingerprint density at radius 2 is 2.10 bits per heavy atom. The van der Waals surface area contributed by atoms with Crippen molar-refractivity contribution >= 4 is 29.4 Å². The summed E-state index contributed by atoms with van der Waals surface area (Å²) in [5.41, 5.74) is 0.433. The van der Waals surface area contributed by atoms with Gasteiger partial charge >= 0.3 is 12.0 Å². The molecule has 2 heterocycles. The summed E-state index contributed by atoms with van der Waals surface area (Å²) in [6, 6.07) is 2.59. The van der Waals surface area contributed by atoms with Gasteiger partial charge in [0, 0.05) is 6.54 Å². The Morgan fingerprint density at radius 1 is 1.35 bits per heavy atom. The summed E-state index contributed by atoms with van der Waals surface area (Å²) in [4.78, 5) is 26.1. The third-order valence-corrected chi connectivity index (χ3v) is 4.18. The van der Waals surface area contributed by atoms with Crippen LogP contribution in [0.3, 0.4) is 0 Å². The van der Waals surface area contributed by atoms with E-state index in [2.05, 4.69) is 15.6 Å². The van der Waals surface area contributed by atoms with Crippen molar-refractivity contribution in [1.29, 1.82) is 0 Å². The SMILES string of the molecule is O=C(NCC1CCSCC1)Nc1ccc(C(=O)O)nc1. The molecule has 2 rings (SSSR count). The summed E-state index contributed by atoms with van der Waals surface area (Å²) < 4.78 is 0. The number of rotatable bonds is 4. The number of carbonyl (C=O) groups excluding carboxylic acids is 1. The van der Waals surface area contributed by atoms with E-state index in [1.165, 1.54) is 18.3 Å². The van der Waals surface area contributed by atoms with E-state index in [1.54, 1.807) is 0 Å². The van der Waals surface area contributed by atoms with Gasteiger partial charge in [0.2, 0.25) is 0 Å². The lowest BCUT2D eigenvalue weighted by molar-refractivity contribution is 0.0690. The Labute approximate surface area is 121 Å². The molecule has 0 unspecified atom stereocenters. The maximum Gasteiger partial charge on any atom is 0.354 e. The van der Waals surface area contributed by atoms with Gasteiger partial charge in [-0.25, -0.2) is 14.6 Å². The zero-order chi connectivity index (χ0) is 14.4. The van der Waals surface area contributed by atoms with Crippen molar-refractivity contribution in [2.45, 2.75) is 12.8 Å². The zero-order valence-corrected chi connectivity index (χ0v) is 11.8. The number of nitrogens with zero attached hydrogens (tertiary/aromatic N) is 1. The molecular formula is C13H17N3O3S. The van der Waals surface area contributed by atoms with Gasteiger partial charge in [-0.2, -0.15) is 11.8 Å². The van der Waals surface area contributed by atoms with Crippen LogP contribution in [0.1, 0.15) is 23.3 Å². The van der Waals surface area contributed by atoms with Crippen molar-refractivity contribution in [2.75, 3.05) is 23.4 Å². The van der Waals surface area contributed by atoms with Gasteiger partial charge in [-0.1, -0.05) is 0 Å². The first kappa shape index (κ1) is 14.6. The highest BCUT2D eigenvalue weighted by Crippen LogP contribution is 2.21. The number of amides is 2. The first-order chi connectivity index (χ1) is 9.65. The minimum Gasteiger partial charge on any atom is -0.477 e. The van der Waals surface area contributed by atoms with Crippen LogP contribution >= 0.6 is 11.8 Å². The Kier molecular flexibility index (Phi) is 5.23. The molecular weight excluding hydrogens is 278 g/mol. The molecule has 7 heteroatoms. The normalized spacial score (nSPS) is 15.6. The van der Waals surface area contributed by atoms with Crippen molar-refractivity contribution in [2.24, 2.45) is 5.92 Å². The summed E-state index contributed by atoms with van der Waals surface area (Å²) in [5.74, 6) is 1.79. The third kappa shape index (κ3) is 4.41. The molecule has 2 amide bonds. The molecule has 1 aliphatic heterocycles. The Morgan fingerprint density at radius 3 is 2.70 bits per heavy atom. The number of aromatic carboxylic acids is 1. The van der Waals surface area contributed by atoms with Crippen molar-refractivity contribution in [3.63, 3.8) is 0 Å². The van der Waals surface area contributed by atoms with Crippen molar-refractivity contribution < 1.29 is 14.7 Å². The second kappa shape index (κ2) is 7.14. The molecule has 20 heavy (non-hydrogen) atoms. The molecule has 3 N–H and O–H groups in total. The van der Waals surface area contributed by atoms with E-state index in [0.29, 0.717) is 18.2 Å². The lowest BCUT2D eigenvalue weighted by Crippen LogP contribution is -2.34. The van der Waals surface area contributed by atoms with Gasteiger partial charge in [-0.05, 0) is 42.4 Å². The van der Waals surface area contributed by atoms with Crippen LogP contribution < -0.4 is 10.6 Å². The number of carboxylic acids is 1. The fourth-order valence-electron chi connectivity index (χ4n) is 1.96. The van der Waals surface area contributed by atoms with Crippen molar-refractivity contribution in [3.8, 4) is 0 Å². The van der Waals surface area contributed by atoms with E-state index in [0.717, 1.165) is 24.3 Å². The molecule has 0 saturated carbocycles. The monoisotopic (exact) mass is 295 g/mol. The molecule has 1 saturated heterocycles. The molecule has 1 aliphatic rings. The second-order valence-corrected chi connectivity index (χ2v) is 5.85. The number of thioether (sulfide) groups is 1. The van der Waals surface area contributed by atoms with Crippen LogP contribution in [-0.2, 0) is 0 Å². The van der Waals surface area contributed by atoms with Gasteiger partial charge < -0.3 is 15.7 Å². The summed E-state index contributed by atoms with van der Waals surface area (Å²) in [7, 11) is 0. The van der Waals surface area contributed by atoms with Gasteiger partial charge in [0.25, 0.3) is 0 Å². The Hall–Kier alpha value is -1.76. The number of hydrogen-bond donors (Lipinski definition) is 3. The summed E-state index contributed by atoms with van der Waals surface area (Å²) in [6.45, 7) is 0.674. The molecule has 0 aromatic carbocycles. The maximum atomic E-state index is 11.7. The molecule has 0 bridgehead atoms. The lowest BCUT2D eigenvalue weighted by Gasteiger charge is -2.21. The average Bonchev–Trinajstić information content (AvgIpc) is 2.47. The molecule has 0 aliphatic carbocycles. The standard InChI is InChI=1S/C13H17N3O3S/c17-12(18)11-2-1-10(8-14-11)16-13(19)15-7-9-3-5-20-6-4-9/h1-2,8-9H,3-7H2,(H,17,18)(H2,15,16,19). The largest absolute Gasteiger partial charge is 0.477 e. The molecule has 0 spiro atoms. The number of carbonyl (C=O) groups is 2. The fraction of sp³-hybridized carbons (Fsp3) is 0.462. The van der Waals surface area contributed by atoms with Gasteiger partial charge in [-0.3, -0.25) is 0 Å². The van der Waals surface area contributed by atoms with Crippen molar-refractivity contribution in [1.82, 2.24) is 10.3 Å². The van der Waals surface area contributed by atoms with Crippen LogP contribution in [0.15, 0.2) is 18.3 Å². The van der Waals surface area contributed by atoms with Crippen LogP contribution in [0.5, 0.6) is 0 Å². The number of pyridine rings is 1. The van der Waals surface area contributed by atoms with Crippen LogP contribution in [0.4, 0.5) is 10.5 Å². The number of anilines is 1. The summed E-state index contributed by atoms with van der Waals surface area (Å²) >= 11 is 1.95. The van der Waals surface area contributed by atoms with E-state index in [4.69, 9.17) is 5.11 Å². The number of aromatic nitrogens is 1. The summed E-state index contributed by atoms with van der Waals surface area (Å²) in [6.07, 6.45) is 3.61. The quantitative estimate of drug-likeness (QED) is 0.790. The highest BCUT2D eigenvalue weighted by Gasteiger charge is 2.14. The predicted octanol–water partition coefficient (Wildman–Crippen LogP) is 2.04. The second-order valence-electron chi connectivity index (χ2n) is 4.63. The van der Waals surface area contributed by atoms with Gasteiger partial charge in [0.1, 0.15) is 5.69 Å². The highest BCUT2D eigenvalue weighted by atomic mass is 32.2. The average molecular weight is 295 g/mol. The van der Waals surface area contributed by atoms with Gasteiger partial charge in [0.05, 0.1) is 11.9 Å². The minimum atomic E-state index is -1.09. The minimum absolute atomic E-state index is 0.0457. The van der Waals surface area contributed by atoms with Crippen molar-refractivity contribution in [3.05, 3.63) is 24.0 Å². The predicted molar refractivity (Wildman–Crippen MR) is 78.3 cm³/mol. The summed E-state index contributed by atoms with van der Waals surface area (Å²) in [5, 5.41) is 14.2. The number of hydrogen-bond acceptors (Lipinski definition) is 4. The van der Waals surface area contributed by atoms with E-state index in [-0.39, 0.29) is 11.7 Å². The van der Waals surface area contributed by atoms with Crippen LogP contribution in [0, 0.1) is 5.92 Å². The topological polar surface area (TPSA) is 91.3 Å². The first-order valence-corrected chi connectivity index (χ1v) is 7.62. The molecule has 1 aromatic rings. The zero-order valence-electron chi connectivity index (χ0n) is 11.0. The van der Waals surface area contributed by atoms with E-state index >= 15 is 0 Å². The molecule has 1 fully saturated rings. The van der Waals surface area contributed by atoms with E-state index in [9.17, 15) is 9.59 Å². The number of nitrogens with one attached hydrogen (secondary N) is 2. The van der Waals surface area contributed by atoms with Gasteiger partial charge in [-0.15, -0.1) is 0 Å². The maximum absolute atomic E-state index is 11.7. The molecule has 108 valence electrons. The third-order valence-electron chi connectivity index (χ3n) is 3.13. The van der Waals surface area contributed by atoms with Crippen LogP contribution in [0.2, 0.25) is 0 Å². The molecule has 6 nitrogen and oxygen atoms in total. The molecule has 0 radical (unpaired) electrons. The Balaban J connectivity index is 1.77. The molecule has 1 aromatic heterocycles. The number of carboxylic acid groups (broad SMARTS) is 1. The van der Waals surface area contributed by atoms with Crippen LogP contribution in [-0.4, -0.2) is 40.1 Å². The highest BCUT2D eigenvalue weighted by molar-refractivity contribution is 7.99. The van der Waals surface area contributed by atoms with E-state index in [1.807, 2.05) is 11.8 Å². The first-order valence-electron chi connectivity index (χ1n) is 6.47. The van der Waals surface area contributed by atoms with Gasteiger partial charge in [0.15, 0.2) is 0 Å². The molecule has 0 atom stereocenters. The Bertz CT molecular complexity index is 472. The fourth-order valence-corrected chi connectivity index (χ4v) is 3.16. The lowest BCUT2D eigenvalue weighted by atomic mass is 10.0. The van der Waals surface area contributed by atoms with E-state index < -0.39 is 5.97 Å². The smallest absolute Gasteiger partial charge is 0.354 e.